The van der Waals surface area contributed by atoms with Gasteiger partial charge < -0.3 is 64.8 Å². The normalized spacial score (nSPS) is 17.2. The Balaban J connectivity index is 1.68. The quantitative estimate of drug-likeness (QED) is 0.0291. The molecule has 15 N–H and O–H groups in total. The Labute approximate surface area is 420 Å². The summed E-state index contributed by atoms with van der Waals surface area (Å²) in [7, 11) is 0. The van der Waals surface area contributed by atoms with Gasteiger partial charge >= 0.3 is 5.97 Å². The van der Waals surface area contributed by atoms with Gasteiger partial charge in [0.25, 0.3) is 0 Å². The minimum atomic E-state index is -1.61. The summed E-state index contributed by atoms with van der Waals surface area (Å²) in [4.78, 5) is 128. The van der Waals surface area contributed by atoms with E-state index in [0.717, 1.165) is 24.0 Å². The van der Waals surface area contributed by atoms with Crippen LogP contribution in [0.3, 0.4) is 0 Å². The Morgan fingerprint density at radius 1 is 0.722 bits per heavy atom. The molecular weight excluding hydrogens is 929 g/mol. The molecule has 22 nitrogen and oxygen atoms in total. The molecule has 22 heteroatoms. The highest BCUT2D eigenvalue weighted by Gasteiger charge is 2.41. The molecule has 1 aliphatic carbocycles. The second-order valence-electron chi connectivity index (χ2n) is 18.7. The average Bonchev–Trinajstić information content (AvgIpc) is 3.89. The second-order valence-corrected chi connectivity index (χ2v) is 18.7. The molecule has 72 heavy (non-hydrogen) atoms. The number of aliphatic carboxylic acids is 1. The van der Waals surface area contributed by atoms with Crippen LogP contribution >= 0.6 is 0 Å². The van der Waals surface area contributed by atoms with Gasteiger partial charge in [0.2, 0.25) is 47.3 Å². The predicted molar refractivity (Wildman–Crippen MR) is 268 cm³/mol. The van der Waals surface area contributed by atoms with E-state index in [0.29, 0.717) is 37.7 Å². The molecule has 2 aromatic carbocycles. The lowest BCUT2D eigenvalue weighted by Crippen LogP contribution is -2.62. The second kappa shape index (κ2) is 28.7. The number of carbonyl (C=O) groups excluding carboxylic acids is 8. The number of guanidine groups is 1. The molecule has 2 aromatic rings. The number of nitrogens with two attached hydrogens (primary N) is 4. The number of aliphatic imine (C=N–C) groups is 1. The van der Waals surface area contributed by atoms with Gasteiger partial charge in [0, 0.05) is 32.9 Å². The number of nitrogens with one attached hydrogen (secondary N) is 6. The lowest BCUT2D eigenvalue weighted by Gasteiger charge is -2.39. The van der Waals surface area contributed by atoms with Crippen molar-refractivity contribution in [3.63, 3.8) is 0 Å². The maximum absolute atomic E-state index is 15.0. The van der Waals surface area contributed by atoms with Crippen LogP contribution < -0.4 is 54.8 Å². The van der Waals surface area contributed by atoms with Gasteiger partial charge in [-0.1, -0.05) is 87.7 Å². The molecule has 0 radical (unpaired) electrons. The molecule has 1 aliphatic heterocycles. The monoisotopic (exact) mass is 1000 g/mol. The zero-order valence-corrected chi connectivity index (χ0v) is 41.5. The highest BCUT2D eigenvalue weighted by atomic mass is 16.4. The summed E-state index contributed by atoms with van der Waals surface area (Å²) >= 11 is 0. The summed E-state index contributed by atoms with van der Waals surface area (Å²) in [5.74, 6) is -7.99. The number of amides is 8. The summed E-state index contributed by atoms with van der Waals surface area (Å²) in [6.07, 6.45) is 3.99. The van der Waals surface area contributed by atoms with Crippen molar-refractivity contribution in [3.05, 3.63) is 71.3 Å². The van der Waals surface area contributed by atoms with Crippen LogP contribution in [-0.2, 0) is 62.5 Å². The van der Waals surface area contributed by atoms with E-state index in [9.17, 15) is 48.3 Å². The van der Waals surface area contributed by atoms with Crippen molar-refractivity contribution in [1.29, 1.82) is 0 Å². The van der Waals surface area contributed by atoms with Gasteiger partial charge in [-0.25, -0.2) is 4.79 Å². The van der Waals surface area contributed by atoms with Gasteiger partial charge in [0.1, 0.15) is 42.3 Å². The van der Waals surface area contributed by atoms with Crippen LogP contribution in [0.1, 0.15) is 108 Å². The fourth-order valence-corrected chi connectivity index (χ4v) is 9.10. The average molecular weight is 1000 g/mol. The zero-order valence-electron chi connectivity index (χ0n) is 41.5. The highest BCUT2D eigenvalue weighted by Crippen LogP contribution is 2.29. The Morgan fingerprint density at radius 3 is 1.93 bits per heavy atom. The number of carboxylic acid groups (broad SMARTS) is 1. The Morgan fingerprint density at radius 2 is 1.32 bits per heavy atom. The summed E-state index contributed by atoms with van der Waals surface area (Å²) in [5, 5.41) is 25.9. The summed E-state index contributed by atoms with van der Waals surface area (Å²) in [5.41, 5.74) is 24.6. The third-order valence-corrected chi connectivity index (χ3v) is 13.2. The van der Waals surface area contributed by atoms with Gasteiger partial charge in [-0.3, -0.25) is 43.3 Å². The summed E-state index contributed by atoms with van der Waals surface area (Å²) in [6, 6.07) is 7.10. The lowest BCUT2D eigenvalue weighted by molar-refractivity contribution is -0.146. The number of unbranched alkanes of at least 4 members (excludes halogenated alkanes) is 1. The van der Waals surface area contributed by atoms with Crippen LogP contribution in [0.2, 0.25) is 0 Å². The molecular formula is C50H74N12O10. The van der Waals surface area contributed by atoms with Gasteiger partial charge in [-0.05, 0) is 80.0 Å². The smallest absolute Gasteiger partial charge is 0.326 e. The molecule has 1 heterocycles. The van der Waals surface area contributed by atoms with Crippen molar-refractivity contribution in [2.45, 2.75) is 153 Å². The molecule has 0 bridgehead atoms. The van der Waals surface area contributed by atoms with Crippen LogP contribution in [-0.4, -0.2) is 125 Å². The van der Waals surface area contributed by atoms with Crippen LogP contribution in [0.5, 0.6) is 0 Å². The molecule has 394 valence electrons. The summed E-state index contributed by atoms with van der Waals surface area (Å²) < 4.78 is 0. The third-order valence-electron chi connectivity index (χ3n) is 13.2. The number of carboxylic acids is 1. The maximum atomic E-state index is 15.0. The first-order valence-electron chi connectivity index (χ1n) is 24.8. The number of rotatable bonds is 28. The molecule has 1 fully saturated rings. The van der Waals surface area contributed by atoms with Crippen LogP contribution in [0.4, 0.5) is 0 Å². The molecule has 8 amide bonds. The van der Waals surface area contributed by atoms with Gasteiger partial charge in [-0.2, -0.15) is 0 Å². The van der Waals surface area contributed by atoms with E-state index >= 15 is 0 Å². The van der Waals surface area contributed by atoms with Crippen LogP contribution in [0.25, 0.3) is 0 Å². The number of carbonyl (C=O) groups is 9. The first-order chi connectivity index (χ1) is 34.3. The van der Waals surface area contributed by atoms with E-state index in [2.05, 4.69) is 36.9 Å². The number of primary amides is 1. The predicted octanol–water partition coefficient (Wildman–Crippen LogP) is -0.510. The van der Waals surface area contributed by atoms with Crippen LogP contribution in [0.15, 0.2) is 59.6 Å². The van der Waals surface area contributed by atoms with Gasteiger partial charge in [0.05, 0.1) is 6.42 Å². The van der Waals surface area contributed by atoms with Gasteiger partial charge in [-0.15, -0.1) is 0 Å². The number of hydrogen-bond acceptors (Lipinski definition) is 11. The molecule has 1 saturated carbocycles. The van der Waals surface area contributed by atoms with E-state index in [4.69, 9.17) is 22.9 Å². The first-order valence-corrected chi connectivity index (χ1v) is 24.8. The minimum Gasteiger partial charge on any atom is -0.480 e. The van der Waals surface area contributed by atoms with E-state index in [1.54, 1.807) is 56.3 Å². The topological polar surface area (TPSA) is 366 Å². The molecule has 0 aromatic heterocycles. The standard InChI is InChI=1S/C50H74N12O10/c1-4-29(2)41(49(71)72)61-45(67)38(27-40(52)64)59-43(65)35(21-12-13-23-51)57-44(66)37(25-31-15-6-5-7-16-31)60-46(68)39-26-33-19-10-11-20-34(33)28-62(39)48(70)36(22-14-24-55-50(53)54)58-47(69)42(56-30(3)63)32-17-8-9-18-32/h5-7,10-11,15-16,19-20,29,32,35-39,41-42H,4,8-9,12-14,17-18,21-28,51H2,1-3H3,(H2,52,64)(H,56,63)(H,57,66)(H,58,69)(H,59,65)(H,60,68)(H,61,67)(H,71,72)(H4,53,54,55)/t29-,35-,36-,37-,38-,39-,41-,42?/m0/s1. The molecule has 8 atom stereocenters. The van der Waals surface area contributed by atoms with Gasteiger partial charge in [0.15, 0.2) is 5.96 Å². The third kappa shape index (κ3) is 17.6. The zero-order chi connectivity index (χ0) is 52.9. The number of nitrogens with zero attached hydrogens (tertiary/aromatic N) is 2. The van der Waals surface area contributed by atoms with Crippen molar-refractivity contribution in [2.75, 3.05) is 13.1 Å². The minimum absolute atomic E-state index is 0.0117. The first kappa shape index (κ1) is 57.5. The highest BCUT2D eigenvalue weighted by molar-refractivity contribution is 5.98. The van der Waals surface area contributed by atoms with E-state index in [1.165, 1.54) is 11.8 Å². The van der Waals surface area contributed by atoms with E-state index in [1.807, 2.05) is 12.1 Å². The Hall–Kier alpha value is -7.10. The van der Waals surface area contributed by atoms with Crippen molar-refractivity contribution in [3.8, 4) is 0 Å². The van der Waals surface area contributed by atoms with Crippen molar-refractivity contribution < 1.29 is 48.3 Å². The maximum Gasteiger partial charge on any atom is 0.326 e. The molecule has 1 unspecified atom stereocenters. The summed E-state index contributed by atoms with van der Waals surface area (Å²) in [6.45, 7) is 5.04. The van der Waals surface area contributed by atoms with Crippen molar-refractivity contribution in [2.24, 2.45) is 39.8 Å². The molecule has 0 spiro atoms. The number of hydrogen-bond donors (Lipinski definition) is 11. The Kier molecular flexibility index (Phi) is 22.9. The van der Waals surface area contributed by atoms with Crippen LogP contribution in [0, 0.1) is 11.8 Å². The molecule has 4 rings (SSSR count). The number of fused-ring (bicyclic) bond motifs is 1. The molecule has 0 saturated heterocycles. The molecule has 2 aliphatic rings. The Bertz CT molecular complexity index is 2240. The van der Waals surface area contributed by atoms with Crippen molar-refractivity contribution in [1.82, 2.24) is 36.8 Å². The van der Waals surface area contributed by atoms with E-state index in [-0.39, 0.29) is 63.6 Å². The fourth-order valence-electron chi connectivity index (χ4n) is 9.10. The fraction of sp³-hybridized carbons (Fsp3) is 0.560. The SMILES string of the molecule is CC[C@H](C)[C@H](NC(=O)[C@H](CC(N)=O)NC(=O)[C@H](CCCCN)NC(=O)[C@H](Cc1ccccc1)NC(=O)[C@@H]1Cc2ccccc2CN1C(=O)[C@H](CCCN=C(N)N)NC(=O)C(NC(C)=O)C1CCCC1)C(=O)O. The van der Waals surface area contributed by atoms with Crippen molar-refractivity contribution >= 4 is 59.2 Å². The largest absolute Gasteiger partial charge is 0.480 e. The van der Waals surface area contributed by atoms with E-state index < -0.39 is 108 Å². The lowest BCUT2D eigenvalue weighted by atomic mass is 9.91. The number of benzene rings is 2.